The monoisotopic (exact) mass is 326 g/mol. The number of halogens is 1. The number of oxime groups is 1. The van der Waals surface area contributed by atoms with Gasteiger partial charge in [-0.15, -0.1) is 0 Å². The molecule has 2 aromatic rings. The van der Waals surface area contributed by atoms with E-state index < -0.39 is 5.82 Å². The van der Waals surface area contributed by atoms with Crippen molar-refractivity contribution >= 4 is 11.6 Å². The minimum absolute atomic E-state index is 0.191. The largest absolute Gasteiger partial charge is 0.390 e. The average Bonchev–Trinajstić information content (AvgIpc) is 3.03. The molecule has 0 aromatic heterocycles. The van der Waals surface area contributed by atoms with Crippen LogP contribution >= 0.6 is 0 Å². The van der Waals surface area contributed by atoms with Crippen LogP contribution in [0.15, 0.2) is 53.7 Å². The Morgan fingerprint density at radius 3 is 2.75 bits per heavy atom. The van der Waals surface area contributed by atoms with Gasteiger partial charge in [-0.05, 0) is 30.7 Å². The van der Waals surface area contributed by atoms with Crippen LogP contribution in [0.5, 0.6) is 0 Å². The van der Waals surface area contributed by atoms with E-state index in [4.69, 9.17) is 4.84 Å². The molecule has 1 aliphatic heterocycles. The summed E-state index contributed by atoms with van der Waals surface area (Å²) in [5.41, 5.74) is 3.43. The topological polar surface area (TPSA) is 41.9 Å². The fourth-order valence-electron chi connectivity index (χ4n) is 2.67. The highest BCUT2D eigenvalue weighted by Crippen LogP contribution is 2.18. The molecule has 0 bridgehead atoms. The van der Waals surface area contributed by atoms with E-state index in [-0.39, 0.29) is 12.0 Å². The molecule has 0 spiro atoms. The molecule has 3 rings (SSSR count). The highest BCUT2D eigenvalue weighted by Gasteiger charge is 2.25. The summed E-state index contributed by atoms with van der Waals surface area (Å²) >= 11 is 0. The molecular formula is C19H19FN2O2. The maximum Gasteiger partial charge on any atom is 0.253 e. The fourth-order valence-corrected chi connectivity index (χ4v) is 2.67. The van der Waals surface area contributed by atoms with Crippen LogP contribution in [0.25, 0.3) is 0 Å². The van der Waals surface area contributed by atoms with Gasteiger partial charge in [0.25, 0.3) is 5.91 Å². The normalized spacial score (nSPS) is 16.5. The molecular weight excluding hydrogens is 307 g/mol. The van der Waals surface area contributed by atoms with Crippen LogP contribution < -0.4 is 0 Å². The van der Waals surface area contributed by atoms with E-state index in [1.54, 1.807) is 13.1 Å². The minimum atomic E-state index is -0.420. The van der Waals surface area contributed by atoms with Gasteiger partial charge in [-0.25, -0.2) is 4.39 Å². The smallest absolute Gasteiger partial charge is 0.253 e. The molecule has 0 fully saturated rings. The Morgan fingerprint density at radius 1 is 1.29 bits per heavy atom. The van der Waals surface area contributed by atoms with Gasteiger partial charge in [0.05, 0.1) is 12.3 Å². The van der Waals surface area contributed by atoms with Gasteiger partial charge >= 0.3 is 0 Å². The molecule has 1 heterocycles. The zero-order valence-corrected chi connectivity index (χ0v) is 13.7. The standard InChI is InChI=1S/C19H19FN2O2/c1-13-6-8-14(9-7-13)18-11-17(24-21-18)12-22(2)19(23)15-4-3-5-16(20)10-15/h3-10,17H,11-12H2,1-2H3/t17-/m1/s1. The second kappa shape index (κ2) is 6.83. The van der Waals surface area contributed by atoms with Gasteiger partial charge in [-0.1, -0.05) is 41.1 Å². The quantitative estimate of drug-likeness (QED) is 0.864. The number of carbonyl (C=O) groups excluding carboxylic acids is 1. The van der Waals surface area contributed by atoms with Crippen LogP contribution in [0, 0.1) is 12.7 Å². The molecule has 0 aliphatic carbocycles. The Hall–Kier alpha value is -2.69. The van der Waals surface area contributed by atoms with Crippen molar-refractivity contribution in [2.75, 3.05) is 13.6 Å². The zero-order valence-electron chi connectivity index (χ0n) is 13.7. The number of nitrogens with zero attached hydrogens (tertiary/aromatic N) is 2. The van der Waals surface area contributed by atoms with E-state index in [1.807, 2.05) is 31.2 Å². The molecule has 1 amide bonds. The zero-order chi connectivity index (χ0) is 17.1. The van der Waals surface area contributed by atoms with Gasteiger partial charge in [-0.2, -0.15) is 0 Å². The predicted octanol–water partition coefficient (Wildman–Crippen LogP) is 3.40. The van der Waals surface area contributed by atoms with E-state index in [1.165, 1.54) is 28.7 Å². The maximum absolute atomic E-state index is 13.2. The first-order valence-corrected chi connectivity index (χ1v) is 7.83. The first-order chi connectivity index (χ1) is 11.5. The van der Waals surface area contributed by atoms with Crippen molar-refractivity contribution in [1.29, 1.82) is 0 Å². The van der Waals surface area contributed by atoms with Gasteiger partial charge in [0.15, 0.2) is 6.10 Å². The Labute approximate surface area is 140 Å². The van der Waals surface area contributed by atoms with Gasteiger partial charge in [0.2, 0.25) is 0 Å². The van der Waals surface area contributed by atoms with Crippen LogP contribution in [-0.4, -0.2) is 36.2 Å². The van der Waals surface area contributed by atoms with Crippen molar-refractivity contribution in [1.82, 2.24) is 4.90 Å². The summed E-state index contributed by atoms with van der Waals surface area (Å²) in [6, 6.07) is 13.8. The Morgan fingerprint density at radius 2 is 2.04 bits per heavy atom. The van der Waals surface area contributed by atoms with Crippen molar-refractivity contribution in [2.45, 2.75) is 19.4 Å². The molecule has 2 aromatic carbocycles. The first kappa shape index (κ1) is 16.2. The van der Waals surface area contributed by atoms with E-state index in [9.17, 15) is 9.18 Å². The Kier molecular flexibility index (Phi) is 4.60. The van der Waals surface area contributed by atoms with E-state index in [0.29, 0.717) is 18.5 Å². The van der Waals surface area contributed by atoms with Crippen LogP contribution in [0.2, 0.25) is 0 Å². The molecule has 0 unspecified atom stereocenters. The highest BCUT2D eigenvalue weighted by molar-refractivity contribution is 6.01. The summed E-state index contributed by atoms with van der Waals surface area (Å²) in [6.07, 6.45) is 0.452. The fraction of sp³-hybridized carbons (Fsp3) is 0.263. The first-order valence-electron chi connectivity index (χ1n) is 7.83. The Bertz CT molecular complexity index is 771. The van der Waals surface area contributed by atoms with E-state index in [0.717, 1.165) is 11.3 Å². The molecule has 24 heavy (non-hydrogen) atoms. The van der Waals surface area contributed by atoms with Crippen molar-refractivity contribution < 1.29 is 14.0 Å². The van der Waals surface area contributed by atoms with Crippen molar-refractivity contribution in [3.05, 3.63) is 71.0 Å². The molecule has 0 saturated heterocycles. The average molecular weight is 326 g/mol. The Balaban J connectivity index is 1.59. The van der Waals surface area contributed by atoms with Crippen LogP contribution in [0.3, 0.4) is 0 Å². The summed E-state index contributed by atoms with van der Waals surface area (Å²) in [7, 11) is 1.68. The predicted molar refractivity (Wildman–Crippen MR) is 90.6 cm³/mol. The minimum Gasteiger partial charge on any atom is -0.390 e. The number of amides is 1. The number of hydrogen-bond donors (Lipinski definition) is 0. The van der Waals surface area contributed by atoms with E-state index >= 15 is 0 Å². The maximum atomic E-state index is 13.2. The number of hydrogen-bond acceptors (Lipinski definition) is 3. The molecule has 5 heteroatoms. The number of benzene rings is 2. The van der Waals surface area contributed by atoms with Crippen molar-refractivity contribution in [2.24, 2.45) is 5.16 Å². The summed E-state index contributed by atoms with van der Waals surface area (Å²) < 4.78 is 13.2. The number of rotatable bonds is 4. The lowest BCUT2D eigenvalue weighted by Crippen LogP contribution is -2.34. The number of carbonyl (C=O) groups is 1. The lowest BCUT2D eigenvalue weighted by Gasteiger charge is -2.20. The molecule has 1 atom stereocenters. The van der Waals surface area contributed by atoms with Gasteiger partial charge in [-0.3, -0.25) is 4.79 Å². The lowest BCUT2D eigenvalue weighted by molar-refractivity contribution is 0.0482. The van der Waals surface area contributed by atoms with Crippen LogP contribution in [-0.2, 0) is 4.84 Å². The molecule has 0 N–H and O–H groups in total. The van der Waals surface area contributed by atoms with Crippen molar-refractivity contribution in [3.8, 4) is 0 Å². The van der Waals surface area contributed by atoms with E-state index in [2.05, 4.69) is 5.16 Å². The summed E-state index contributed by atoms with van der Waals surface area (Å²) in [5, 5.41) is 4.13. The molecule has 4 nitrogen and oxygen atoms in total. The molecule has 0 radical (unpaired) electrons. The van der Waals surface area contributed by atoms with Gasteiger partial charge < -0.3 is 9.74 Å². The highest BCUT2D eigenvalue weighted by atomic mass is 19.1. The molecule has 124 valence electrons. The number of likely N-dealkylation sites (N-methyl/N-ethyl adjacent to an activating group) is 1. The summed E-state index contributed by atoms with van der Waals surface area (Å²) in [5.74, 6) is -0.654. The lowest BCUT2D eigenvalue weighted by atomic mass is 10.0. The van der Waals surface area contributed by atoms with Crippen LogP contribution in [0.4, 0.5) is 4.39 Å². The molecule has 1 aliphatic rings. The molecule has 0 saturated carbocycles. The third-order valence-electron chi connectivity index (χ3n) is 4.01. The van der Waals surface area contributed by atoms with Crippen LogP contribution in [0.1, 0.15) is 27.9 Å². The third kappa shape index (κ3) is 3.62. The van der Waals surface area contributed by atoms with Gasteiger partial charge in [0, 0.05) is 19.0 Å². The number of aryl methyl sites for hydroxylation is 1. The van der Waals surface area contributed by atoms with Gasteiger partial charge in [0.1, 0.15) is 5.82 Å². The summed E-state index contributed by atoms with van der Waals surface area (Å²) in [4.78, 5) is 19.3. The SMILES string of the molecule is Cc1ccc(C2=NO[C@@H](CN(C)C(=O)c3cccc(F)c3)C2)cc1. The second-order valence-electron chi connectivity index (χ2n) is 6.03. The third-order valence-corrected chi connectivity index (χ3v) is 4.01. The summed E-state index contributed by atoms with van der Waals surface area (Å²) in [6.45, 7) is 2.43. The van der Waals surface area contributed by atoms with Crippen molar-refractivity contribution in [3.63, 3.8) is 0 Å². The second-order valence-corrected chi connectivity index (χ2v) is 6.03.